The highest BCUT2D eigenvalue weighted by atomic mass is 16.6. The van der Waals surface area contributed by atoms with E-state index in [0.717, 1.165) is 24.8 Å². The second kappa shape index (κ2) is 6.02. The normalized spacial score (nSPS) is 23.4. The zero-order valence-electron chi connectivity index (χ0n) is 13.2. The summed E-state index contributed by atoms with van der Waals surface area (Å²) < 4.78 is 6.05. The van der Waals surface area contributed by atoms with Gasteiger partial charge < -0.3 is 10.1 Å². The summed E-state index contributed by atoms with van der Waals surface area (Å²) in [6, 6.07) is 5.57. The highest BCUT2D eigenvalue weighted by molar-refractivity contribution is 5.48. The highest BCUT2D eigenvalue weighted by Crippen LogP contribution is 2.49. The number of rotatable bonds is 6. The maximum atomic E-state index is 11.2. The molecule has 0 spiro atoms. The topological polar surface area (TPSA) is 64.4 Å². The van der Waals surface area contributed by atoms with Crippen molar-refractivity contribution in [2.75, 3.05) is 7.05 Å². The smallest absolute Gasteiger partial charge is 0.311 e. The molecule has 116 valence electrons. The lowest BCUT2D eigenvalue weighted by atomic mass is 9.58. The van der Waals surface area contributed by atoms with Gasteiger partial charge in [0.15, 0.2) is 5.75 Å². The van der Waals surface area contributed by atoms with E-state index in [2.05, 4.69) is 19.2 Å². The fourth-order valence-corrected chi connectivity index (χ4v) is 3.54. The fourth-order valence-electron chi connectivity index (χ4n) is 3.54. The van der Waals surface area contributed by atoms with Crippen LogP contribution in [0.4, 0.5) is 5.69 Å². The molecule has 1 N–H and O–H groups in total. The number of nitro benzene ring substituents is 1. The van der Waals surface area contributed by atoms with E-state index in [9.17, 15) is 10.1 Å². The molecule has 21 heavy (non-hydrogen) atoms. The number of aryl methyl sites for hydroxylation is 1. The van der Waals surface area contributed by atoms with Crippen molar-refractivity contribution in [3.05, 3.63) is 33.9 Å². The van der Waals surface area contributed by atoms with E-state index in [1.165, 1.54) is 0 Å². The lowest BCUT2D eigenvalue weighted by molar-refractivity contribution is -0.386. The molecular weight excluding hydrogens is 268 g/mol. The van der Waals surface area contributed by atoms with Crippen LogP contribution in [0.15, 0.2) is 18.2 Å². The molecule has 1 aromatic carbocycles. The molecule has 0 amide bonds. The number of nitrogens with one attached hydrogen (secondary N) is 1. The highest BCUT2D eigenvalue weighted by Gasteiger charge is 2.54. The molecule has 1 saturated carbocycles. The molecule has 1 fully saturated rings. The first kappa shape index (κ1) is 15.8. The predicted molar refractivity (Wildman–Crippen MR) is 82.7 cm³/mol. The summed E-state index contributed by atoms with van der Waals surface area (Å²) in [5.41, 5.74) is 0.991. The van der Waals surface area contributed by atoms with Crippen molar-refractivity contribution < 1.29 is 9.66 Å². The third kappa shape index (κ3) is 2.62. The zero-order chi connectivity index (χ0) is 15.6. The van der Waals surface area contributed by atoms with Gasteiger partial charge in [-0.05, 0) is 38.4 Å². The van der Waals surface area contributed by atoms with Crippen molar-refractivity contribution in [3.63, 3.8) is 0 Å². The molecular formula is C16H24N2O3. The van der Waals surface area contributed by atoms with Gasteiger partial charge in [0.25, 0.3) is 0 Å². The van der Waals surface area contributed by atoms with E-state index in [4.69, 9.17) is 4.74 Å². The summed E-state index contributed by atoms with van der Waals surface area (Å²) in [5.74, 6) is 0.386. The average Bonchev–Trinajstić information content (AvgIpc) is 2.45. The Morgan fingerprint density at radius 2 is 2.10 bits per heavy atom. The van der Waals surface area contributed by atoms with Gasteiger partial charge in [0.05, 0.1) is 4.92 Å². The Bertz CT molecular complexity index is 526. The van der Waals surface area contributed by atoms with Crippen molar-refractivity contribution >= 4 is 5.69 Å². The second-order valence-electron chi connectivity index (χ2n) is 5.85. The summed E-state index contributed by atoms with van der Waals surface area (Å²) in [4.78, 5) is 10.8. The second-order valence-corrected chi connectivity index (χ2v) is 5.85. The Balaban J connectivity index is 2.25. The molecule has 2 rings (SSSR count). The first-order valence-electron chi connectivity index (χ1n) is 7.57. The van der Waals surface area contributed by atoms with Gasteiger partial charge in [-0.3, -0.25) is 10.1 Å². The quantitative estimate of drug-likeness (QED) is 0.644. The van der Waals surface area contributed by atoms with E-state index in [-0.39, 0.29) is 22.1 Å². The number of ether oxygens (including phenoxy) is 1. The minimum absolute atomic E-state index is 0.0337. The molecule has 0 radical (unpaired) electrons. The Hall–Kier alpha value is -1.62. The largest absolute Gasteiger partial charge is 0.483 e. The van der Waals surface area contributed by atoms with Crippen molar-refractivity contribution in [1.29, 1.82) is 0 Å². The van der Waals surface area contributed by atoms with Crippen LogP contribution in [0.2, 0.25) is 0 Å². The first-order valence-corrected chi connectivity index (χ1v) is 7.57. The lowest BCUT2D eigenvalue weighted by Crippen LogP contribution is -2.63. The molecule has 1 aliphatic carbocycles. The Kier molecular flexibility index (Phi) is 4.52. The molecule has 0 aromatic heterocycles. The van der Waals surface area contributed by atoms with Gasteiger partial charge in [0.2, 0.25) is 0 Å². The summed E-state index contributed by atoms with van der Waals surface area (Å²) in [6.07, 6.45) is 2.92. The standard InChI is InChI=1S/C16H24N2O3/c1-5-16(6-2)14(17-4)10-15(16)21-13-8-7-11(3)9-12(13)18(19)20/h7-9,14-15,17H,5-6,10H2,1-4H3. The monoisotopic (exact) mass is 292 g/mol. The number of nitrogens with zero attached hydrogens (tertiary/aromatic N) is 1. The van der Waals surface area contributed by atoms with Gasteiger partial charge in [-0.2, -0.15) is 0 Å². The third-order valence-electron chi connectivity index (χ3n) is 5.03. The van der Waals surface area contributed by atoms with Crippen LogP contribution in [-0.2, 0) is 0 Å². The molecule has 5 heteroatoms. The van der Waals surface area contributed by atoms with Gasteiger partial charge in [-0.25, -0.2) is 0 Å². The van der Waals surface area contributed by atoms with Crippen LogP contribution in [0.25, 0.3) is 0 Å². The Morgan fingerprint density at radius 1 is 1.43 bits per heavy atom. The molecule has 5 nitrogen and oxygen atoms in total. The van der Waals surface area contributed by atoms with Crippen LogP contribution in [0, 0.1) is 22.5 Å². The molecule has 0 heterocycles. The lowest BCUT2D eigenvalue weighted by Gasteiger charge is -2.55. The van der Waals surface area contributed by atoms with Crippen LogP contribution in [-0.4, -0.2) is 24.1 Å². The van der Waals surface area contributed by atoms with Crippen molar-refractivity contribution in [1.82, 2.24) is 5.32 Å². The van der Waals surface area contributed by atoms with E-state index < -0.39 is 0 Å². The van der Waals surface area contributed by atoms with Crippen LogP contribution < -0.4 is 10.1 Å². The maximum Gasteiger partial charge on any atom is 0.311 e. The first-order chi connectivity index (χ1) is 9.98. The number of nitro groups is 1. The van der Waals surface area contributed by atoms with Crippen molar-refractivity contribution in [2.24, 2.45) is 5.41 Å². The molecule has 0 saturated heterocycles. The zero-order valence-corrected chi connectivity index (χ0v) is 13.2. The molecule has 2 atom stereocenters. The van der Waals surface area contributed by atoms with Crippen molar-refractivity contribution in [3.8, 4) is 5.75 Å². The summed E-state index contributed by atoms with van der Waals surface area (Å²) in [5, 5.41) is 14.5. The van der Waals surface area contributed by atoms with Gasteiger partial charge in [0, 0.05) is 23.9 Å². The predicted octanol–water partition coefficient (Wildman–Crippen LogP) is 3.45. The van der Waals surface area contributed by atoms with Crippen LogP contribution in [0.5, 0.6) is 5.75 Å². The number of benzene rings is 1. The molecule has 2 unspecified atom stereocenters. The fraction of sp³-hybridized carbons (Fsp3) is 0.625. The van der Waals surface area contributed by atoms with E-state index in [1.807, 2.05) is 20.0 Å². The SMILES string of the molecule is CCC1(CC)C(NC)CC1Oc1ccc(C)cc1[N+](=O)[O-]. The van der Waals surface area contributed by atoms with E-state index >= 15 is 0 Å². The average molecular weight is 292 g/mol. The van der Waals surface area contributed by atoms with Crippen LogP contribution >= 0.6 is 0 Å². The van der Waals surface area contributed by atoms with E-state index in [0.29, 0.717) is 11.8 Å². The molecule has 1 aliphatic rings. The minimum atomic E-state index is -0.365. The number of hydrogen-bond acceptors (Lipinski definition) is 4. The Morgan fingerprint density at radius 3 is 2.62 bits per heavy atom. The van der Waals surface area contributed by atoms with Gasteiger partial charge in [-0.1, -0.05) is 19.9 Å². The molecule has 0 aliphatic heterocycles. The van der Waals surface area contributed by atoms with Crippen LogP contribution in [0.3, 0.4) is 0 Å². The third-order valence-corrected chi connectivity index (χ3v) is 5.03. The summed E-state index contributed by atoms with van der Waals surface area (Å²) in [7, 11) is 1.97. The van der Waals surface area contributed by atoms with Crippen molar-refractivity contribution in [2.45, 2.75) is 52.2 Å². The van der Waals surface area contributed by atoms with Gasteiger partial charge >= 0.3 is 5.69 Å². The van der Waals surface area contributed by atoms with Gasteiger partial charge in [0.1, 0.15) is 6.10 Å². The molecule has 0 bridgehead atoms. The summed E-state index contributed by atoms with van der Waals surface area (Å²) in [6.45, 7) is 6.17. The maximum absolute atomic E-state index is 11.2. The van der Waals surface area contributed by atoms with E-state index in [1.54, 1.807) is 12.1 Å². The summed E-state index contributed by atoms with van der Waals surface area (Å²) >= 11 is 0. The molecule has 1 aromatic rings. The van der Waals surface area contributed by atoms with Crippen LogP contribution in [0.1, 0.15) is 38.7 Å². The van der Waals surface area contributed by atoms with Gasteiger partial charge in [-0.15, -0.1) is 0 Å². The Labute approximate surface area is 125 Å². The minimum Gasteiger partial charge on any atom is -0.483 e. The number of hydrogen-bond donors (Lipinski definition) is 1.